The first-order valence-electron chi connectivity index (χ1n) is 6.49. The molecule has 1 aromatic carbocycles. The molecule has 19 heavy (non-hydrogen) atoms. The molecule has 98 valence electrons. The summed E-state index contributed by atoms with van der Waals surface area (Å²) in [7, 11) is 0. The van der Waals surface area contributed by atoms with Gasteiger partial charge < -0.3 is 14.8 Å². The van der Waals surface area contributed by atoms with Gasteiger partial charge in [0.25, 0.3) is 0 Å². The summed E-state index contributed by atoms with van der Waals surface area (Å²) >= 11 is 1.73. The van der Waals surface area contributed by atoms with E-state index in [1.54, 1.807) is 11.3 Å². The van der Waals surface area contributed by atoms with Crippen LogP contribution in [0.1, 0.15) is 23.9 Å². The predicted octanol–water partition coefficient (Wildman–Crippen LogP) is 2.96. The molecule has 1 atom stereocenters. The average molecular weight is 274 g/mol. The minimum Gasteiger partial charge on any atom is -0.454 e. The van der Waals surface area contributed by atoms with Gasteiger partial charge in [0.1, 0.15) is 5.01 Å². The zero-order valence-electron chi connectivity index (χ0n) is 10.4. The van der Waals surface area contributed by atoms with Crippen molar-refractivity contribution in [2.45, 2.75) is 18.9 Å². The van der Waals surface area contributed by atoms with Crippen LogP contribution in [0.15, 0.2) is 23.6 Å². The second-order valence-corrected chi connectivity index (χ2v) is 5.68. The summed E-state index contributed by atoms with van der Waals surface area (Å²) < 4.78 is 10.7. The molecule has 1 saturated heterocycles. The molecular formula is C14H14N2O2S. The van der Waals surface area contributed by atoms with E-state index < -0.39 is 0 Å². The number of benzene rings is 1. The molecule has 4 nitrogen and oxygen atoms in total. The van der Waals surface area contributed by atoms with Crippen molar-refractivity contribution in [3.8, 4) is 22.8 Å². The van der Waals surface area contributed by atoms with E-state index in [4.69, 9.17) is 14.5 Å². The second-order valence-electron chi connectivity index (χ2n) is 4.79. The summed E-state index contributed by atoms with van der Waals surface area (Å²) in [5, 5.41) is 6.79. The quantitative estimate of drug-likeness (QED) is 0.914. The number of nitrogens with one attached hydrogen (secondary N) is 1. The highest BCUT2D eigenvalue weighted by atomic mass is 32.1. The lowest BCUT2D eigenvalue weighted by atomic mass is 10.1. The van der Waals surface area contributed by atoms with Gasteiger partial charge in [0.05, 0.1) is 11.7 Å². The molecule has 0 spiro atoms. The van der Waals surface area contributed by atoms with Crippen molar-refractivity contribution in [3.05, 3.63) is 28.6 Å². The molecule has 0 saturated carbocycles. The van der Waals surface area contributed by atoms with Gasteiger partial charge in [-0.05, 0) is 37.6 Å². The van der Waals surface area contributed by atoms with E-state index in [0.29, 0.717) is 12.8 Å². The third-order valence-electron chi connectivity index (χ3n) is 3.55. The number of ether oxygens (including phenoxy) is 2. The first-order chi connectivity index (χ1) is 9.40. The van der Waals surface area contributed by atoms with Crippen molar-refractivity contribution < 1.29 is 9.47 Å². The van der Waals surface area contributed by atoms with Gasteiger partial charge in [-0.25, -0.2) is 4.98 Å². The summed E-state index contributed by atoms with van der Waals surface area (Å²) in [6, 6.07) is 6.43. The first-order valence-corrected chi connectivity index (χ1v) is 7.37. The molecular weight excluding hydrogens is 260 g/mol. The zero-order chi connectivity index (χ0) is 12.7. The standard InChI is InChI=1S/C14H14N2O2S/c1-2-10(15-5-1)14-16-11(7-19-14)9-3-4-12-13(6-9)18-8-17-12/h3-4,6-7,10,15H,1-2,5,8H2. The van der Waals surface area contributed by atoms with E-state index in [1.165, 1.54) is 17.8 Å². The molecule has 0 amide bonds. The maximum Gasteiger partial charge on any atom is 0.231 e. The molecule has 3 heterocycles. The Morgan fingerprint density at radius 3 is 3.11 bits per heavy atom. The molecule has 2 aliphatic heterocycles. The van der Waals surface area contributed by atoms with Crippen LogP contribution in [0.3, 0.4) is 0 Å². The highest BCUT2D eigenvalue weighted by Crippen LogP contribution is 2.37. The Kier molecular flexibility index (Phi) is 2.67. The van der Waals surface area contributed by atoms with Crippen molar-refractivity contribution in [1.29, 1.82) is 0 Å². The van der Waals surface area contributed by atoms with Crippen molar-refractivity contribution in [2.75, 3.05) is 13.3 Å². The monoisotopic (exact) mass is 274 g/mol. The van der Waals surface area contributed by atoms with Gasteiger partial charge in [0.2, 0.25) is 6.79 Å². The van der Waals surface area contributed by atoms with E-state index >= 15 is 0 Å². The van der Waals surface area contributed by atoms with Gasteiger partial charge in [0.15, 0.2) is 11.5 Å². The van der Waals surface area contributed by atoms with Gasteiger partial charge in [0, 0.05) is 10.9 Å². The fourth-order valence-electron chi connectivity index (χ4n) is 2.53. The molecule has 1 fully saturated rings. The molecule has 5 heteroatoms. The van der Waals surface area contributed by atoms with E-state index in [9.17, 15) is 0 Å². The van der Waals surface area contributed by atoms with Crippen LogP contribution < -0.4 is 14.8 Å². The second kappa shape index (κ2) is 4.51. The smallest absolute Gasteiger partial charge is 0.231 e. The van der Waals surface area contributed by atoms with Gasteiger partial charge in [-0.15, -0.1) is 11.3 Å². The number of nitrogens with zero attached hydrogens (tertiary/aromatic N) is 1. The van der Waals surface area contributed by atoms with Crippen molar-refractivity contribution in [1.82, 2.24) is 10.3 Å². The Labute approximate surface area is 115 Å². The summed E-state index contributed by atoms with van der Waals surface area (Å²) in [4.78, 5) is 4.75. The number of rotatable bonds is 2. The fourth-order valence-corrected chi connectivity index (χ4v) is 3.47. The third-order valence-corrected chi connectivity index (χ3v) is 4.51. The van der Waals surface area contributed by atoms with Gasteiger partial charge in [-0.2, -0.15) is 0 Å². The fraction of sp³-hybridized carbons (Fsp3) is 0.357. The average Bonchev–Trinajstić information content (AvgIpc) is 3.18. The normalized spacial score (nSPS) is 20.9. The lowest BCUT2D eigenvalue weighted by Gasteiger charge is -2.04. The molecule has 0 aliphatic carbocycles. The molecule has 2 aromatic rings. The number of hydrogen-bond donors (Lipinski definition) is 1. The van der Waals surface area contributed by atoms with Crippen LogP contribution in [-0.2, 0) is 0 Å². The largest absolute Gasteiger partial charge is 0.454 e. The first kappa shape index (κ1) is 11.3. The lowest BCUT2D eigenvalue weighted by molar-refractivity contribution is 0.174. The van der Waals surface area contributed by atoms with Gasteiger partial charge >= 0.3 is 0 Å². The van der Waals surface area contributed by atoms with Gasteiger partial charge in [-0.3, -0.25) is 0 Å². The highest BCUT2D eigenvalue weighted by Gasteiger charge is 2.20. The Bertz CT molecular complexity index is 605. The molecule has 0 bridgehead atoms. The lowest BCUT2D eigenvalue weighted by Crippen LogP contribution is -2.12. The molecule has 1 N–H and O–H groups in total. The van der Waals surface area contributed by atoms with Crippen molar-refractivity contribution in [3.63, 3.8) is 0 Å². The van der Waals surface area contributed by atoms with Crippen LogP contribution in [0.4, 0.5) is 0 Å². The summed E-state index contributed by atoms with van der Waals surface area (Å²) in [6.45, 7) is 1.41. The van der Waals surface area contributed by atoms with E-state index in [-0.39, 0.29) is 0 Å². The Hall–Kier alpha value is -1.59. The number of aromatic nitrogens is 1. The van der Waals surface area contributed by atoms with Crippen molar-refractivity contribution >= 4 is 11.3 Å². The molecule has 2 aliphatic rings. The minimum absolute atomic E-state index is 0.313. The highest BCUT2D eigenvalue weighted by molar-refractivity contribution is 7.10. The van der Waals surface area contributed by atoms with Crippen LogP contribution >= 0.6 is 11.3 Å². The summed E-state index contributed by atoms with van der Waals surface area (Å²) in [6.07, 6.45) is 2.43. The van der Waals surface area contributed by atoms with Crippen LogP contribution in [0, 0.1) is 0 Å². The van der Waals surface area contributed by atoms with Crippen molar-refractivity contribution in [2.24, 2.45) is 0 Å². The van der Waals surface area contributed by atoms with E-state index in [0.717, 1.165) is 29.3 Å². The summed E-state index contributed by atoms with van der Waals surface area (Å²) in [5.74, 6) is 1.63. The van der Waals surface area contributed by atoms with Gasteiger partial charge in [-0.1, -0.05) is 0 Å². The Balaban J connectivity index is 1.65. The van der Waals surface area contributed by atoms with Crippen LogP contribution in [0.5, 0.6) is 11.5 Å². The topological polar surface area (TPSA) is 43.4 Å². The van der Waals surface area contributed by atoms with Crippen LogP contribution in [0.25, 0.3) is 11.3 Å². The molecule has 1 aromatic heterocycles. The number of hydrogen-bond acceptors (Lipinski definition) is 5. The summed E-state index contributed by atoms with van der Waals surface area (Å²) in [5.41, 5.74) is 2.11. The van der Waals surface area contributed by atoms with Crippen LogP contribution in [0.2, 0.25) is 0 Å². The predicted molar refractivity (Wildman–Crippen MR) is 73.7 cm³/mol. The third kappa shape index (κ3) is 1.99. The SMILES string of the molecule is c1cc2c(cc1-c1csc(C3CCCN3)n1)OCO2. The zero-order valence-corrected chi connectivity index (χ0v) is 11.2. The number of fused-ring (bicyclic) bond motifs is 1. The van der Waals surface area contributed by atoms with E-state index in [2.05, 4.69) is 10.7 Å². The molecule has 4 rings (SSSR count). The molecule has 1 unspecified atom stereocenters. The number of thiazole rings is 1. The van der Waals surface area contributed by atoms with Crippen LogP contribution in [-0.4, -0.2) is 18.3 Å². The Morgan fingerprint density at radius 2 is 2.21 bits per heavy atom. The Morgan fingerprint density at radius 1 is 1.26 bits per heavy atom. The molecule has 0 radical (unpaired) electrons. The van der Waals surface area contributed by atoms with E-state index in [1.807, 2.05) is 18.2 Å². The maximum atomic E-state index is 5.41. The minimum atomic E-state index is 0.313. The maximum absolute atomic E-state index is 5.41.